The number of carbonyl (C=O) groups is 1. The van der Waals surface area contributed by atoms with Gasteiger partial charge in [0.15, 0.2) is 0 Å². The zero-order valence-corrected chi connectivity index (χ0v) is 19.8. The molecule has 2 aromatic carbocycles. The van der Waals surface area contributed by atoms with Gasteiger partial charge in [-0.3, -0.25) is 9.36 Å². The Kier molecular flexibility index (Phi) is 8.12. The number of nitrogens with zero attached hydrogens (tertiary/aromatic N) is 3. The number of nitrogens with one attached hydrogen (secondary N) is 1. The molecule has 1 heterocycles. The molecule has 3 aromatic rings. The van der Waals surface area contributed by atoms with Gasteiger partial charge in [0, 0.05) is 25.2 Å². The molecule has 9 heteroatoms. The van der Waals surface area contributed by atoms with Gasteiger partial charge >= 0.3 is 6.03 Å². The Morgan fingerprint density at radius 2 is 1.97 bits per heavy atom. The molecule has 1 aromatic heterocycles. The third-order valence-electron chi connectivity index (χ3n) is 5.24. The maximum atomic E-state index is 13.3. The van der Waals surface area contributed by atoms with Gasteiger partial charge in [-0.1, -0.05) is 42.3 Å². The second-order valence-corrected chi connectivity index (χ2v) is 8.04. The lowest BCUT2D eigenvalue weighted by molar-refractivity contribution is 0.130. The second-order valence-electron chi connectivity index (χ2n) is 7.20. The van der Waals surface area contributed by atoms with Crippen molar-refractivity contribution in [2.24, 2.45) is 0 Å². The van der Waals surface area contributed by atoms with Gasteiger partial charge in [0.2, 0.25) is 0 Å². The summed E-state index contributed by atoms with van der Waals surface area (Å²) in [5.74, 6) is 0.534. The molecule has 0 spiro atoms. The number of aromatic nitrogens is 2. The lowest BCUT2D eigenvalue weighted by Crippen LogP contribution is -2.42. The van der Waals surface area contributed by atoms with Gasteiger partial charge < -0.3 is 15.0 Å². The molecule has 2 amide bonds. The largest absolute Gasteiger partial charge is 0.383 e. The van der Waals surface area contributed by atoms with Crippen molar-refractivity contribution < 1.29 is 9.53 Å². The lowest BCUT2D eigenvalue weighted by atomic mass is 10.1. The fraction of sp³-hybridized carbons (Fsp3) is 0.348. The van der Waals surface area contributed by atoms with Crippen molar-refractivity contribution in [3.63, 3.8) is 0 Å². The molecular weight excluding hydrogens is 451 g/mol. The summed E-state index contributed by atoms with van der Waals surface area (Å²) >= 11 is 12.2. The van der Waals surface area contributed by atoms with E-state index < -0.39 is 6.04 Å². The molecule has 3 rings (SSSR count). The molecule has 170 valence electrons. The molecule has 1 unspecified atom stereocenters. The zero-order chi connectivity index (χ0) is 23.3. The molecule has 0 radical (unpaired) electrons. The number of rotatable bonds is 8. The van der Waals surface area contributed by atoms with Crippen LogP contribution in [-0.2, 0) is 11.3 Å². The minimum atomic E-state index is -0.450. The molecule has 0 saturated heterocycles. The third-order valence-corrected chi connectivity index (χ3v) is 5.79. The van der Waals surface area contributed by atoms with Crippen molar-refractivity contribution in [1.82, 2.24) is 14.5 Å². The Morgan fingerprint density at radius 1 is 1.22 bits per heavy atom. The van der Waals surface area contributed by atoms with Gasteiger partial charge in [-0.05, 0) is 43.7 Å². The van der Waals surface area contributed by atoms with Gasteiger partial charge in [0.25, 0.3) is 5.56 Å². The maximum absolute atomic E-state index is 13.3. The fourth-order valence-electron chi connectivity index (χ4n) is 3.65. The SMILES string of the molecule is CCC(c1nc2ccccc2c(=O)n1CC)N(CCOC)C(=O)Nc1ccc(Cl)cc1Cl. The third kappa shape index (κ3) is 5.06. The fourth-order valence-corrected chi connectivity index (χ4v) is 4.11. The van der Waals surface area contributed by atoms with Crippen LogP contribution in [0.15, 0.2) is 47.3 Å². The van der Waals surface area contributed by atoms with Gasteiger partial charge in [0.05, 0.1) is 34.3 Å². The number of carbonyl (C=O) groups excluding carboxylic acids is 1. The summed E-state index contributed by atoms with van der Waals surface area (Å²) in [5.41, 5.74) is 0.917. The first-order chi connectivity index (χ1) is 15.4. The van der Waals surface area contributed by atoms with E-state index in [1.165, 1.54) is 0 Å². The predicted molar refractivity (Wildman–Crippen MR) is 129 cm³/mol. The molecule has 1 N–H and O–H groups in total. The molecule has 0 aliphatic carbocycles. The van der Waals surface area contributed by atoms with E-state index in [-0.39, 0.29) is 11.6 Å². The summed E-state index contributed by atoms with van der Waals surface area (Å²) < 4.78 is 6.86. The van der Waals surface area contributed by atoms with Gasteiger partial charge in [0.1, 0.15) is 5.82 Å². The van der Waals surface area contributed by atoms with Crippen molar-refractivity contribution in [2.45, 2.75) is 32.9 Å². The minimum Gasteiger partial charge on any atom is -0.383 e. The molecule has 7 nitrogen and oxygen atoms in total. The number of hydrogen-bond donors (Lipinski definition) is 1. The Balaban J connectivity index is 2.05. The van der Waals surface area contributed by atoms with E-state index in [1.54, 1.807) is 46.9 Å². The maximum Gasteiger partial charge on any atom is 0.322 e. The summed E-state index contributed by atoms with van der Waals surface area (Å²) in [7, 11) is 1.57. The Bertz CT molecular complexity index is 1170. The van der Waals surface area contributed by atoms with E-state index in [0.29, 0.717) is 58.6 Å². The number of halogens is 2. The van der Waals surface area contributed by atoms with E-state index in [0.717, 1.165) is 0 Å². The van der Waals surface area contributed by atoms with Crippen molar-refractivity contribution in [3.8, 4) is 0 Å². The van der Waals surface area contributed by atoms with E-state index >= 15 is 0 Å². The molecule has 0 aliphatic rings. The average molecular weight is 477 g/mol. The summed E-state index contributed by atoms with van der Waals surface area (Å²) in [6, 6.07) is 11.3. The number of fused-ring (bicyclic) bond motifs is 1. The van der Waals surface area contributed by atoms with Crippen molar-refractivity contribution in [1.29, 1.82) is 0 Å². The number of benzene rings is 2. The van der Waals surface area contributed by atoms with Crippen LogP contribution in [0.5, 0.6) is 0 Å². The van der Waals surface area contributed by atoms with Gasteiger partial charge in [-0.25, -0.2) is 9.78 Å². The average Bonchev–Trinajstić information content (AvgIpc) is 2.78. The molecular formula is C23H26Cl2N4O3. The topological polar surface area (TPSA) is 76.5 Å². The highest BCUT2D eigenvalue weighted by Gasteiger charge is 2.28. The van der Waals surface area contributed by atoms with Crippen molar-refractivity contribution >= 4 is 45.8 Å². The van der Waals surface area contributed by atoms with Crippen molar-refractivity contribution in [2.75, 3.05) is 25.6 Å². The van der Waals surface area contributed by atoms with E-state index in [9.17, 15) is 9.59 Å². The molecule has 0 bridgehead atoms. The van der Waals surface area contributed by atoms with Crippen LogP contribution in [0, 0.1) is 0 Å². The second kappa shape index (κ2) is 10.8. The van der Waals surface area contributed by atoms with Crippen LogP contribution in [0.25, 0.3) is 10.9 Å². The van der Waals surface area contributed by atoms with Crippen LogP contribution >= 0.6 is 23.2 Å². The van der Waals surface area contributed by atoms with Gasteiger partial charge in [-0.2, -0.15) is 0 Å². The number of amides is 2. The van der Waals surface area contributed by atoms with E-state index in [4.69, 9.17) is 32.9 Å². The molecule has 32 heavy (non-hydrogen) atoms. The number of hydrogen-bond acceptors (Lipinski definition) is 4. The first-order valence-electron chi connectivity index (χ1n) is 10.4. The lowest BCUT2D eigenvalue weighted by Gasteiger charge is -2.32. The Morgan fingerprint density at radius 3 is 2.62 bits per heavy atom. The van der Waals surface area contributed by atoms with Crippen LogP contribution in [0.1, 0.15) is 32.1 Å². The quantitative estimate of drug-likeness (QED) is 0.474. The summed E-state index contributed by atoms with van der Waals surface area (Å²) in [6.45, 7) is 4.90. The first kappa shape index (κ1) is 24.0. The van der Waals surface area contributed by atoms with Crippen LogP contribution < -0.4 is 10.9 Å². The minimum absolute atomic E-state index is 0.126. The van der Waals surface area contributed by atoms with E-state index in [2.05, 4.69) is 5.32 Å². The Hall–Kier alpha value is -2.61. The highest BCUT2D eigenvalue weighted by molar-refractivity contribution is 6.36. The van der Waals surface area contributed by atoms with Crippen LogP contribution in [0.3, 0.4) is 0 Å². The molecule has 0 aliphatic heterocycles. The molecule has 1 atom stereocenters. The monoisotopic (exact) mass is 476 g/mol. The number of para-hydroxylation sites is 1. The number of methoxy groups -OCH3 is 1. The van der Waals surface area contributed by atoms with Crippen LogP contribution in [0.4, 0.5) is 10.5 Å². The summed E-state index contributed by atoms with van der Waals surface area (Å²) in [4.78, 5) is 32.9. The van der Waals surface area contributed by atoms with Crippen LogP contribution in [-0.4, -0.2) is 40.7 Å². The standard InChI is InChI=1S/C23H26Cl2N4O3/c1-4-20(21-26-18-9-7-6-8-16(18)22(30)28(21)5-2)29(12-13-32-3)23(31)27-19-11-10-15(24)14-17(19)25/h6-11,14,20H,4-5,12-13H2,1-3H3,(H,27,31). The zero-order valence-electron chi connectivity index (χ0n) is 18.3. The summed E-state index contributed by atoms with van der Waals surface area (Å²) in [5, 5.41) is 4.20. The first-order valence-corrected chi connectivity index (χ1v) is 11.2. The van der Waals surface area contributed by atoms with Crippen LogP contribution in [0.2, 0.25) is 10.0 Å². The van der Waals surface area contributed by atoms with E-state index in [1.807, 2.05) is 26.0 Å². The number of ether oxygens (including phenoxy) is 1. The molecule has 0 saturated carbocycles. The normalized spacial score (nSPS) is 12.0. The smallest absolute Gasteiger partial charge is 0.322 e. The predicted octanol–water partition coefficient (Wildman–Crippen LogP) is 5.35. The van der Waals surface area contributed by atoms with Crippen molar-refractivity contribution in [3.05, 3.63) is 68.7 Å². The molecule has 0 fully saturated rings. The Labute approximate surface area is 196 Å². The van der Waals surface area contributed by atoms with Gasteiger partial charge in [-0.15, -0.1) is 0 Å². The highest BCUT2D eigenvalue weighted by atomic mass is 35.5. The highest BCUT2D eigenvalue weighted by Crippen LogP contribution is 2.28. The summed E-state index contributed by atoms with van der Waals surface area (Å²) in [6.07, 6.45) is 0.552. The number of urea groups is 1. The number of anilines is 1.